The molecule has 88 valence electrons. The number of carboxylic acids is 1. The third-order valence-electron chi connectivity index (χ3n) is 2.32. The molecule has 2 aromatic rings. The Morgan fingerprint density at radius 2 is 2.24 bits per heavy atom. The molecule has 0 saturated carbocycles. The molecule has 0 amide bonds. The van der Waals surface area contributed by atoms with Gasteiger partial charge in [-0.2, -0.15) is 0 Å². The van der Waals surface area contributed by atoms with Crippen LogP contribution in [0.5, 0.6) is 0 Å². The number of benzene rings is 1. The number of aromatic carboxylic acids is 1. The van der Waals surface area contributed by atoms with Crippen LogP contribution in [0.1, 0.15) is 21.7 Å². The smallest absolute Gasteiger partial charge is 0.336 e. The summed E-state index contributed by atoms with van der Waals surface area (Å²) in [6.45, 7) is 1.88. The zero-order valence-electron chi connectivity index (χ0n) is 9.34. The summed E-state index contributed by atoms with van der Waals surface area (Å²) in [6, 6.07) is 9.14. The number of carbonyl (C=O) groups is 1. The van der Waals surface area contributed by atoms with E-state index in [1.165, 1.54) is 11.8 Å². The van der Waals surface area contributed by atoms with Crippen LogP contribution >= 0.6 is 11.8 Å². The molecule has 0 fully saturated rings. The zero-order chi connectivity index (χ0) is 12.3. The van der Waals surface area contributed by atoms with Gasteiger partial charge in [0.2, 0.25) is 0 Å². The second kappa shape index (κ2) is 5.10. The maximum Gasteiger partial charge on any atom is 0.336 e. The van der Waals surface area contributed by atoms with Crippen LogP contribution in [0.25, 0.3) is 0 Å². The maximum atomic E-state index is 11.1. The molecule has 1 aromatic carbocycles. The van der Waals surface area contributed by atoms with Crippen LogP contribution in [0, 0.1) is 6.92 Å². The molecule has 0 atom stereocenters. The normalized spacial score (nSPS) is 10.4. The van der Waals surface area contributed by atoms with Crippen LogP contribution in [0.3, 0.4) is 0 Å². The minimum Gasteiger partial charge on any atom is -0.478 e. The lowest BCUT2D eigenvalue weighted by Gasteiger charge is -2.05. The second-order valence-electron chi connectivity index (χ2n) is 3.67. The predicted octanol–water partition coefficient (Wildman–Crippen LogP) is 3.58. The van der Waals surface area contributed by atoms with Crippen LogP contribution in [-0.4, -0.2) is 11.1 Å². The number of carboxylic acid groups (broad SMARTS) is 1. The van der Waals surface area contributed by atoms with Gasteiger partial charge in [0.05, 0.1) is 17.6 Å². The highest BCUT2D eigenvalue weighted by Gasteiger charge is 2.11. The molecule has 0 spiro atoms. The molecule has 2 rings (SSSR count). The molecular formula is C13H12O3S. The Labute approximate surface area is 103 Å². The van der Waals surface area contributed by atoms with Crippen LogP contribution in [0.4, 0.5) is 0 Å². The number of aryl methyl sites for hydroxylation is 1. The van der Waals surface area contributed by atoms with Crippen molar-refractivity contribution in [2.24, 2.45) is 0 Å². The Bertz CT molecular complexity index is 517. The molecule has 0 radical (unpaired) electrons. The fourth-order valence-electron chi connectivity index (χ4n) is 1.48. The zero-order valence-corrected chi connectivity index (χ0v) is 10.2. The van der Waals surface area contributed by atoms with Crippen molar-refractivity contribution in [3.05, 3.63) is 53.5 Å². The quantitative estimate of drug-likeness (QED) is 0.840. The number of hydrogen-bond acceptors (Lipinski definition) is 3. The molecule has 1 N–H and O–H groups in total. The van der Waals surface area contributed by atoms with E-state index in [1.807, 2.05) is 31.2 Å². The first-order valence-electron chi connectivity index (χ1n) is 5.16. The molecule has 4 heteroatoms. The van der Waals surface area contributed by atoms with Gasteiger partial charge in [-0.15, -0.1) is 11.8 Å². The van der Waals surface area contributed by atoms with E-state index in [9.17, 15) is 4.79 Å². The van der Waals surface area contributed by atoms with Gasteiger partial charge in [-0.3, -0.25) is 0 Å². The molecule has 17 heavy (non-hydrogen) atoms. The monoisotopic (exact) mass is 248 g/mol. The molecule has 0 bridgehead atoms. The fourth-order valence-corrected chi connectivity index (χ4v) is 2.41. The van der Waals surface area contributed by atoms with Crippen molar-refractivity contribution in [1.82, 2.24) is 0 Å². The van der Waals surface area contributed by atoms with Gasteiger partial charge in [0.15, 0.2) is 0 Å². The van der Waals surface area contributed by atoms with E-state index in [0.29, 0.717) is 11.3 Å². The standard InChI is InChI=1S/C13H12O3S/c1-9-4-5-12(11(7-9)13(14)15)17-8-10-3-2-6-16-10/h2-7H,8H2,1H3,(H,14,15). The van der Waals surface area contributed by atoms with Crippen molar-refractivity contribution < 1.29 is 14.3 Å². The summed E-state index contributed by atoms with van der Waals surface area (Å²) in [4.78, 5) is 11.9. The van der Waals surface area contributed by atoms with Gasteiger partial charge in [0.25, 0.3) is 0 Å². The Morgan fingerprint density at radius 1 is 1.41 bits per heavy atom. The van der Waals surface area contributed by atoms with E-state index in [1.54, 1.807) is 12.3 Å². The summed E-state index contributed by atoms with van der Waals surface area (Å²) >= 11 is 1.47. The van der Waals surface area contributed by atoms with Gasteiger partial charge in [0, 0.05) is 4.90 Å². The summed E-state index contributed by atoms with van der Waals surface area (Å²) in [7, 11) is 0. The van der Waals surface area contributed by atoms with Crippen molar-refractivity contribution in [1.29, 1.82) is 0 Å². The lowest BCUT2D eigenvalue weighted by Crippen LogP contribution is -1.99. The lowest BCUT2D eigenvalue weighted by atomic mass is 10.1. The first-order chi connectivity index (χ1) is 8.16. The molecule has 0 aliphatic rings. The van der Waals surface area contributed by atoms with Gasteiger partial charge in [0.1, 0.15) is 5.76 Å². The number of rotatable bonds is 4. The van der Waals surface area contributed by atoms with Crippen molar-refractivity contribution in [2.45, 2.75) is 17.6 Å². The van der Waals surface area contributed by atoms with Crippen LogP contribution in [0.2, 0.25) is 0 Å². The van der Waals surface area contributed by atoms with Crippen LogP contribution in [-0.2, 0) is 5.75 Å². The minimum absolute atomic E-state index is 0.349. The number of furan rings is 1. The molecule has 0 aliphatic heterocycles. The van der Waals surface area contributed by atoms with E-state index >= 15 is 0 Å². The molecule has 3 nitrogen and oxygen atoms in total. The molecular weight excluding hydrogens is 236 g/mol. The highest BCUT2D eigenvalue weighted by atomic mass is 32.2. The SMILES string of the molecule is Cc1ccc(SCc2ccco2)c(C(=O)O)c1. The topological polar surface area (TPSA) is 50.4 Å². The number of hydrogen-bond donors (Lipinski definition) is 1. The summed E-state index contributed by atoms with van der Waals surface area (Å²) in [6.07, 6.45) is 1.61. The van der Waals surface area contributed by atoms with Crippen molar-refractivity contribution in [3.63, 3.8) is 0 Å². The van der Waals surface area contributed by atoms with Gasteiger partial charge in [-0.25, -0.2) is 4.79 Å². The number of thioether (sulfide) groups is 1. The summed E-state index contributed by atoms with van der Waals surface area (Å²) in [5, 5.41) is 9.11. The molecule has 1 aromatic heterocycles. The van der Waals surface area contributed by atoms with E-state index in [4.69, 9.17) is 9.52 Å². The molecule has 0 saturated heterocycles. The Balaban J connectivity index is 2.17. The predicted molar refractivity (Wildman–Crippen MR) is 66.4 cm³/mol. The third kappa shape index (κ3) is 2.91. The summed E-state index contributed by atoms with van der Waals surface area (Å²) in [5.41, 5.74) is 1.30. The Kier molecular flexibility index (Phi) is 3.54. The highest BCUT2D eigenvalue weighted by molar-refractivity contribution is 7.98. The summed E-state index contributed by atoms with van der Waals surface area (Å²) in [5.74, 6) is 0.582. The van der Waals surface area contributed by atoms with Crippen LogP contribution in [0.15, 0.2) is 45.9 Å². The first-order valence-corrected chi connectivity index (χ1v) is 6.14. The van der Waals surface area contributed by atoms with E-state index < -0.39 is 5.97 Å². The first kappa shape index (κ1) is 11.8. The van der Waals surface area contributed by atoms with Crippen LogP contribution < -0.4 is 0 Å². The third-order valence-corrected chi connectivity index (χ3v) is 3.41. The maximum absolute atomic E-state index is 11.1. The highest BCUT2D eigenvalue weighted by Crippen LogP contribution is 2.27. The summed E-state index contributed by atoms with van der Waals surface area (Å²) < 4.78 is 5.21. The average molecular weight is 248 g/mol. The van der Waals surface area contributed by atoms with Crippen molar-refractivity contribution in [2.75, 3.05) is 0 Å². The van der Waals surface area contributed by atoms with Gasteiger partial charge in [-0.1, -0.05) is 11.6 Å². The largest absolute Gasteiger partial charge is 0.478 e. The second-order valence-corrected chi connectivity index (χ2v) is 4.69. The average Bonchev–Trinajstić information content (AvgIpc) is 2.80. The molecule has 0 unspecified atom stereocenters. The van der Waals surface area contributed by atoms with Gasteiger partial charge >= 0.3 is 5.97 Å². The van der Waals surface area contributed by atoms with Gasteiger partial charge < -0.3 is 9.52 Å². The minimum atomic E-state index is -0.893. The van der Waals surface area contributed by atoms with Crippen molar-refractivity contribution >= 4 is 17.7 Å². The fraction of sp³-hybridized carbons (Fsp3) is 0.154. The van der Waals surface area contributed by atoms with E-state index in [2.05, 4.69) is 0 Å². The van der Waals surface area contributed by atoms with E-state index in [0.717, 1.165) is 16.2 Å². The molecule has 1 heterocycles. The Morgan fingerprint density at radius 3 is 2.88 bits per heavy atom. The van der Waals surface area contributed by atoms with Crippen molar-refractivity contribution in [3.8, 4) is 0 Å². The lowest BCUT2D eigenvalue weighted by molar-refractivity contribution is 0.0693. The Hall–Kier alpha value is -1.68. The molecule has 0 aliphatic carbocycles. The van der Waals surface area contributed by atoms with Gasteiger partial charge in [-0.05, 0) is 31.2 Å². The van der Waals surface area contributed by atoms with E-state index in [-0.39, 0.29) is 0 Å².